The molecule has 2 aromatic rings. The molecule has 1 amide bonds. The number of nitrogens with zero attached hydrogens (tertiary/aromatic N) is 1. The Morgan fingerprint density at radius 2 is 1.68 bits per heavy atom. The van der Waals surface area contributed by atoms with Crippen LogP contribution in [0.4, 0.5) is 5.69 Å². The van der Waals surface area contributed by atoms with Crippen molar-refractivity contribution in [3.05, 3.63) is 64.1 Å². The lowest BCUT2D eigenvalue weighted by Crippen LogP contribution is -2.41. The number of sulfonamides is 1. The molecule has 0 aromatic heterocycles. The molecule has 0 aliphatic carbocycles. The van der Waals surface area contributed by atoms with Gasteiger partial charge in [-0.05, 0) is 61.7 Å². The maximum atomic E-state index is 12.7. The van der Waals surface area contributed by atoms with Gasteiger partial charge in [-0.15, -0.1) is 0 Å². The van der Waals surface area contributed by atoms with Crippen molar-refractivity contribution in [2.45, 2.75) is 25.5 Å². The molecule has 1 aliphatic rings. The average molecular weight is 509 g/mol. The summed E-state index contributed by atoms with van der Waals surface area (Å²) in [5.74, 6) is -0.862. The van der Waals surface area contributed by atoms with Gasteiger partial charge in [-0.3, -0.25) is 4.79 Å². The fraction of sp³-hybridized carbons (Fsp3) is 0.364. The van der Waals surface area contributed by atoms with Gasteiger partial charge in [-0.2, -0.15) is 0 Å². The van der Waals surface area contributed by atoms with Crippen LogP contribution >= 0.6 is 15.9 Å². The normalized spacial score (nSPS) is 15.4. The van der Waals surface area contributed by atoms with Gasteiger partial charge in [0.05, 0.1) is 17.9 Å². The summed E-state index contributed by atoms with van der Waals surface area (Å²) >= 11 is 3.34. The molecule has 0 atom stereocenters. The first-order valence-electron chi connectivity index (χ1n) is 10.1. The number of ether oxygens (including phenoxy) is 1. The third kappa shape index (κ3) is 6.38. The molecule has 9 heteroatoms. The third-order valence-electron chi connectivity index (χ3n) is 5.14. The minimum Gasteiger partial charge on any atom is -0.462 e. The summed E-state index contributed by atoms with van der Waals surface area (Å²) in [6.07, 6.45) is 0.929. The molecule has 1 N–H and O–H groups in total. The van der Waals surface area contributed by atoms with Crippen molar-refractivity contribution in [1.29, 1.82) is 0 Å². The Bertz CT molecular complexity index is 1010. The zero-order valence-corrected chi connectivity index (χ0v) is 19.6. The maximum Gasteiger partial charge on any atom is 0.338 e. The van der Waals surface area contributed by atoms with E-state index in [-0.39, 0.29) is 17.6 Å². The fourth-order valence-electron chi connectivity index (χ4n) is 3.43. The molecule has 1 saturated heterocycles. The lowest BCUT2D eigenvalue weighted by atomic mass is 9.97. The molecule has 31 heavy (non-hydrogen) atoms. The van der Waals surface area contributed by atoms with Crippen molar-refractivity contribution in [3.8, 4) is 0 Å². The van der Waals surface area contributed by atoms with Crippen molar-refractivity contribution >= 4 is 43.5 Å². The predicted molar refractivity (Wildman–Crippen MR) is 122 cm³/mol. The quantitative estimate of drug-likeness (QED) is 0.574. The summed E-state index contributed by atoms with van der Waals surface area (Å²) in [5.41, 5.74) is 1.74. The summed E-state index contributed by atoms with van der Waals surface area (Å²) in [7, 11) is -3.43. The number of anilines is 1. The minimum atomic E-state index is -3.43. The number of nitrogens with one attached hydrogen (secondary N) is 1. The number of hydrogen-bond acceptors (Lipinski definition) is 5. The Balaban J connectivity index is 1.52. The second-order valence-electron chi connectivity index (χ2n) is 7.34. The van der Waals surface area contributed by atoms with Gasteiger partial charge in [0.1, 0.15) is 0 Å². The first kappa shape index (κ1) is 23.4. The van der Waals surface area contributed by atoms with Crippen LogP contribution in [0.25, 0.3) is 0 Å². The molecule has 166 valence electrons. The molecule has 1 fully saturated rings. The summed E-state index contributed by atoms with van der Waals surface area (Å²) in [5, 5.41) is 2.85. The molecular formula is C22H25BrN2O5S. The second-order valence-corrected chi connectivity index (χ2v) is 10.2. The summed E-state index contributed by atoms with van der Waals surface area (Å²) in [6, 6.07) is 13.7. The second kappa shape index (κ2) is 10.4. The Kier molecular flexibility index (Phi) is 7.85. The van der Waals surface area contributed by atoms with Gasteiger partial charge in [-0.25, -0.2) is 17.5 Å². The highest BCUT2D eigenvalue weighted by Gasteiger charge is 2.31. The maximum absolute atomic E-state index is 12.7. The zero-order chi connectivity index (χ0) is 22.4. The summed E-state index contributed by atoms with van der Waals surface area (Å²) < 4.78 is 32.7. The van der Waals surface area contributed by atoms with Crippen molar-refractivity contribution in [1.82, 2.24) is 4.31 Å². The molecule has 1 aliphatic heterocycles. The van der Waals surface area contributed by atoms with E-state index in [9.17, 15) is 18.0 Å². The van der Waals surface area contributed by atoms with E-state index in [1.165, 1.54) is 4.31 Å². The van der Waals surface area contributed by atoms with Gasteiger partial charge in [0, 0.05) is 29.2 Å². The number of piperidine rings is 1. The molecule has 0 bridgehead atoms. The van der Waals surface area contributed by atoms with E-state index in [1.54, 1.807) is 43.3 Å². The number of benzene rings is 2. The first-order chi connectivity index (χ1) is 14.8. The van der Waals surface area contributed by atoms with Crippen LogP contribution in [0.1, 0.15) is 35.7 Å². The van der Waals surface area contributed by atoms with E-state index in [2.05, 4.69) is 21.2 Å². The van der Waals surface area contributed by atoms with Crippen LogP contribution in [0.2, 0.25) is 0 Å². The Hall–Kier alpha value is -2.23. The molecule has 0 radical (unpaired) electrons. The van der Waals surface area contributed by atoms with Gasteiger partial charge < -0.3 is 10.1 Å². The lowest BCUT2D eigenvalue weighted by molar-refractivity contribution is -0.120. The SMILES string of the molecule is CCOC(=O)c1ccc(NC(=O)C2CCN(S(=O)(=O)Cc3ccc(Br)cc3)CC2)cc1. The average Bonchev–Trinajstić information content (AvgIpc) is 2.76. The smallest absolute Gasteiger partial charge is 0.338 e. The summed E-state index contributed by atoms with van der Waals surface area (Å²) in [6.45, 7) is 2.68. The standard InChI is InChI=1S/C22H25BrN2O5S/c1-2-30-22(27)18-5-9-20(10-6-18)24-21(26)17-11-13-25(14-12-17)31(28,29)15-16-3-7-19(23)8-4-16/h3-10,17H,2,11-15H2,1H3,(H,24,26). The molecule has 0 unspecified atom stereocenters. The van der Waals surface area contributed by atoms with Crippen LogP contribution in [0.3, 0.4) is 0 Å². The highest BCUT2D eigenvalue weighted by molar-refractivity contribution is 9.10. The number of carbonyl (C=O) groups is 2. The van der Waals surface area contributed by atoms with Gasteiger partial charge in [-0.1, -0.05) is 28.1 Å². The highest BCUT2D eigenvalue weighted by Crippen LogP contribution is 2.24. The lowest BCUT2D eigenvalue weighted by Gasteiger charge is -2.30. The summed E-state index contributed by atoms with van der Waals surface area (Å²) in [4.78, 5) is 24.3. The van der Waals surface area contributed by atoms with Crippen LogP contribution in [0.15, 0.2) is 53.0 Å². The van der Waals surface area contributed by atoms with E-state index < -0.39 is 16.0 Å². The topological polar surface area (TPSA) is 92.8 Å². The molecule has 1 heterocycles. The van der Waals surface area contributed by atoms with E-state index in [4.69, 9.17) is 4.74 Å². The number of halogens is 1. The monoisotopic (exact) mass is 508 g/mol. The van der Waals surface area contributed by atoms with Gasteiger partial charge in [0.25, 0.3) is 0 Å². The van der Waals surface area contributed by atoms with Gasteiger partial charge >= 0.3 is 5.97 Å². The molecular weight excluding hydrogens is 484 g/mol. The predicted octanol–water partition coefficient (Wildman–Crippen LogP) is 3.81. The van der Waals surface area contributed by atoms with E-state index in [1.807, 2.05) is 12.1 Å². The first-order valence-corrected chi connectivity index (χ1v) is 12.5. The molecule has 2 aromatic carbocycles. The molecule has 3 rings (SSSR count). The van der Waals surface area contributed by atoms with Crippen molar-refractivity contribution in [2.24, 2.45) is 5.92 Å². The Morgan fingerprint density at radius 1 is 1.06 bits per heavy atom. The van der Waals surface area contributed by atoms with E-state index in [0.717, 1.165) is 10.0 Å². The molecule has 0 spiro atoms. The number of amides is 1. The number of esters is 1. The molecule has 7 nitrogen and oxygen atoms in total. The van der Waals surface area contributed by atoms with Gasteiger partial charge in [0.15, 0.2) is 0 Å². The van der Waals surface area contributed by atoms with Crippen LogP contribution in [0, 0.1) is 5.92 Å². The van der Waals surface area contributed by atoms with Gasteiger partial charge in [0.2, 0.25) is 15.9 Å². The third-order valence-corrected chi connectivity index (χ3v) is 7.52. The number of carbonyl (C=O) groups excluding carboxylic acids is 2. The van der Waals surface area contributed by atoms with Crippen LogP contribution in [0.5, 0.6) is 0 Å². The van der Waals surface area contributed by atoms with Crippen molar-refractivity contribution in [2.75, 3.05) is 25.0 Å². The minimum absolute atomic E-state index is 0.0516. The largest absolute Gasteiger partial charge is 0.462 e. The van der Waals surface area contributed by atoms with Crippen molar-refractivity contribution < 1.29 is 22.7 Å². The highest BCUT2D eigenvalue weighted by atomic mass is 79.9. The fourth-order valence-corrected chi connectivity index (χ4v) is 5.25. The zero-order valence-electron chi connectivity index (χ0n) is 17.2. The Labute approximate surface area is 191 Å². The van der Waals surface area contributed by atoms with E-state index >= 15 is 0 Å². The number of hydrogen-bond donors (Lipinski definition) is 1. The molecule has 0 saturated carbocycles. The number of rotatable bonds is 7. The van der Waals surface area contributed by atoms with Crippen LogP contribution in [-0.2, 0) is 25.3 Å². The van der Waals surface area contributed by atoms with Crippen LogP contribution in [-0.4, -0.2) is 44.3 Å². The Morgan fingerprint density at radius 3 is 2.26 bits per heavy atom. The van der Waals surface area contributed by atoms with E-state index in [0.29, 0.717) is 43.8 Å². The van der Waals surface area contributed by atoms with Crippen LogP contribution < -0.4 is 5.32 Å². The van der Waals surface area contributed by atoms with Crippen molar-refractivity contribution in [3.63, 3.8) is 0 Å².